The number of carbonyl (C=O) groups is 2. The van der Waals surface area contributed by atoms with Crippen molar-refractivity contribution in [2.24, 2.45) is 5.92 Å². The number of ether oxygens (including phenoxy) is 2. The highest BCUT2D eigenvalue weighted by Gasteiger charge is 2.29. The Morgan fingerprint density at radius 3 is 2.42 bits per heavy atom. The maximum atomic E-state index is 11.9. The maximum absolute atomic E-state index is 11.9. The van der Waals surface area contributed by atoms with Crippen LogP contribution in [-0.4, -0.2) is 46.1 Å². The molecule has 0 spiro atoms. The Morgan fingerprint density at radius 1 is 1.17 bits per heavy atom. The lowest BCUT2D eigenvalue weighted by Crippen LogP contribution is -2.31. The summed E-state index contributed by atoms with van der Waals surface area (Å²) in [6.45, 7) is 6.62. The van der Waals surface area contributed by atoms with E-state index in [0.717, 1.165) is 25.7 Å². The van der Waals surface area contributed by atoms with E-state index in [1.54, 1.807) is 4.90 Å². The zero-order valence-electron chi connectivity index (χ0n) is 14.4. The second-order valence-electron chi connectivity index (χ2n) is 7.10. The molecule has 0 N–H and O–H groups in total. The van der Waals surface area contributed by atoms with Crippen molar-refractivity contribution < 1.29 is 19.1 Å². The molecule has 140 valence electrons. The minimum atomic E-state index is -1.59. The van der Waals surface area contributed by atoms with E-state index < -0.39 is 15.5 Å². The number of amides is 1. The number of rotatable bonds is 6. The van der Waals surface area contributed by atoms with Gasteiger partial charge in [-0.15, -0.1) is 0 Å². The van der Waals surface area contributed by atoms with Gasteiger partial charge in [0.05, 0.1) is 0 Å². The van der Waals surface area contributed by atoms with Crippen molar-refractivity contribution in [3.8, 4) is 0 Å². The first-order valence-electron chi connectivity index (χ1n) is 8.16. The van der Waals surface area contributed by atoms with Crippen LogP contribution in [-0.2, 0) is 14.3 Å². The lowest BCUT2D eigenvalue weighted by atomic mass is 10.0. The van der Waals surface area contributed by atoms with Crippen LogP contribution in [0.5, 0.6) is 0 Å². The number of hydrogen-bond acceptors (Lipinski definition) is 4. The van der Waals surface area contributed by atoms with E-state index >= 15 is 0 Å². The van der Waals surface area contributed by atoms with Gasteiger partial charge < -0.3 is 14.4 Å². The molecular weight excluding hydrogens is 377 g/mol. The van der Waals surface area contributed by atoms with Crippen LogP contribution in [0.1, 0.15) is 52.9 Å². The number of likely N-dealkylation sites (tertiary alicyclic amines) is 1. The number of nitrogens with zero attached hydrogens (tertiary/aromatic N) is 1. The van der Waals surface area contributed by atoms with Gasteiger partial charge in [0.1, 0.15) is 12.2 Å². The maximum Gasteiger partial charge on any atom is 0.409 e. The van der Waals surface area contributed by atoms with E-state index in [0.29, 0.717) is 25.4 Å². The molecule has 0 aliphatic carbocycles. The van der Waals surface area contributed by atoms with E-state index in [1.807, 2.05) is 20.8 Å². The van der Waals surface area contributed by atoms with E-state index in [4.69, 9.17) is 44.3 Å². The van der Waals surface area contributed by atoms with Crippen molar-refractivity contribution in [3.63, 3.8) is 0 Å². The van der Waals surface area contributed by atoms with Crippen molar-refractivity contribution >= 4 is 46.9 Å². The zero-order valence-corrected chi connectivity index (χ0v) is 16.7. The number of halogens is 3. The van der Waals surface area contributed by atoms with E-state index in [9.17, 15) is 9.59 Å². The summed E-state index contributed by atoms with van der Waals surface area (Å²) in [5.74, 6) is 0.259. The second kappa shape index (κ2) is 9.35. The van der Waals surface area contributed by atoms with Crippen molar-refractivity contribution in [2.75, 3.05) is 19.7 Å². The van der Waals surface area contributed by atoms with E-state index in [-0.39, 0.29) is 12.6 Å². The summed E-state index contributed by atoms with van der Waals surface area (Å²) in [5, 5.41) is 0. The highest BCUT2D eigenvalue weighted by molar-refractivity contribution is 6.67. The van der Waals surface area contributed by atoms with Crippen LogP contribution in [0.3, 0.4) is 0 Å². The minimum Gasteiger partial charge on any atom is -0.460 e. The van der Waals surface area contributed by atoms with Crippen LogP contribution in [0.4, 0.5) is 4.79 Å². The molecule has 1 amide bonds. The average Bonchev–Trinajstić information content (AvgIpc) is 2.87. The highest BCUT2D eigenvalue weighted by Crippen LogP contribution is 2.27. The molecule has 1 fully saturated rings. The first kappa shape index (κ1) is 21.7. The molecule has 1 aliphatic heterocycles. The lowest BCUT2D eigenvalue weighted by Gasteiger charge is -2.19. The summed E-state index contributed by atoms with van der Waals surface area (Å²) in [6, 6.07) is 0. The van der Waals surface area contributed by atoms with Gasteiger partial charge in [-0.1, -0.05) is 41.2 Å². The lowest BCUT2D eigenvalue weighted by molar-refractivity contribution is -0.154. The van der Waals surface area contributed by atoms with Gasteiger partial charge in [-0.2, -0.15) is 0 Å². The average molecular weight is 403 g/mol. The van der Waals surface area contributed by atoms with Gasteiger partial charge in [0.25, 0.3) is 0 Å². The number of carbonyl (C=O) groups excluding carboxylic acids is 2. The van der Waals surface area contributed by atoms with Gasteiger partial charge in [-0.3, -0.25) is 4.79 Å². The van der Waals surface area contributed by atoms with Crippen LogP contribution < -0.4 is 0 Å². The second-order valence-corrected chi connectivity index (χ2v) is 9.62. The molecule has 24 heavy (non-hydrogen) atoms. The molecule has 0 unspecified atom stereocenters. The molecule has 0 bridgehead atoms. The number of hydrogen-bond donors (Lipinski definition) is 0. The van der Waals surface area contributed by atoms with Crippen molar-refractivity contribution in [3.05, 3.63) is 0 Å². The molecule has 0 saturated carbocycles. The summed E-state index contributed by atoms with van der Waals surface area (Å²) in [6.07, 6.45) is 3.60. The minimum absolute atomic E-state index is 0.161. The Balaban J connectivity index is 2.16. The number of unbranched alkanes of at least 4 members (excludes halogenated alkanes) is 1. The molecule has 1 atom stereocenters. The normalized spacial score (nSPS) is 18.6. The predicted molar refractivity (Wildman–Crippen MR) is 95.6 cm³/mol. The monoisotopic (exact) mass is 401 g/mol. The quantitative estimate of drug-likeness (QED) is 0.366. The molecule has 0 aromatic heterocycles. The van der Waals surface area contributed by atoms with E-state index in [1.165, 1.54) is 0 Å². The van der Waals surface area contributed by atoms with Gasteiger partial charge in [0, 0.05) is 19.5 Å². The molecule has 5 nitrogen and oxygen atoms in total. The Labute approximate surface area is 158 Å². The molecular formula is C16H26Cl3NO4. The molecule has 1 heterocycles. The predicted octanol–water partition coefficient (Wildman–Crippen LogP) is 4.72. The number of esters is 1. The summed E-state index contributed by atoms with van der Waals surface area (Å²) in [7, 11) is 0. The summed E-state index contributed by atoms with van der Waals surface area (Å²) < 4.78 is 8.66. The molecule has 0 aromatic rings. The third-order valence-electron chi connectivity index (χ3n) is 3.57. The topological polar surface area (TPSA) is 55.8 Å². The first-order valence-corrected chi connectivity index (χ1v) is 9.30. The van der Waals surface area contributed by atoms with Gasteiger partial charge in [0.2, 0.25) is 3.79 Å². The third-order valence-corrected chi connectivity index (χ3v) is 3.89. The Kier molecular flexibility index (Phi) is 8.43. The van der Waals surface area contributed by atoms with Gasteiger partial charge in [-0.05, 0) is 46.0 Å². The zero-order chi connectivity index (χ0) is 18.4. The fourth-order valence-corrected chi connectivity index (χ4v) is 2.73. The molecule has 8 heteroatoms. The fourth-order valence-electron chi connectivity index (χ4n) is 2.56. The van der Waals surface area contributed by atoms with Crippen molar-refractivity contribution in [1.82, 2.24) is 4.90 Å². The molecule has 1 rings (SSSR count). The van der Waals surface area contributed by atoms with Crippen LogP contribution in [0.2, 0.25) is 0 Å². The Bertz CT molecular complexity index is 432. The SMILES string of the molecule is CC(C)(C)OC(=O)CCCC[C@@H]1CCN(C(=O)OCC(Cl)(Cl)Cl)C1. The Morgan fingerprint density at radius 2 is 1.83 bits per heavy atom. The summed E-state index contributed by atoms with van der Waals surface area (Å²) in [4.78, 5) is 25.1. The molecule has 0 aromatic carbocycles. The highest BCUT2D eigenvalue weighted by atomic mass is 35.6. The first-order chi connectivity index (χ1) is 11.0. The number of alkyl halides is 3. The van der Waals surface area contributed by atoms with Gasteiger partial charge >= 0.3 is 12.1 Å². The smallest absolute Gasteiger partial charge is 0.409 e. The standard InChI is InChI=1S/C16H26Cl3NO4/c1-15(2,3)24-13(21)7-5-4-6-12-8-9-20(10-12)14(22)23-11-16(17,18)19/h12H,4-11H2,1-3H3/t12-/m1/s1. The largest absolute Gasteiger partial charge is 0.460 e. The molecule has 1 saturated heterocycles. The van der Waals surface area contributed by atoms with Crippen LogP contribution in [0.25, 0.3) is 0 Å². The van der Waals surface area contributed by atoms with Gasteiger partial charge in [-0.25, -0.2) is 4.79 Å². The Hall–Kier alpha value is -0.390. The van der Waals surface area contributed by atoms with Crippen LogP contribution in [0, 0.1) is 5.92 Å². The van der Waals surface area contributed by atoms with Crippen molar-refractivity contribution in [1.29, 1.82) is 0 Å². The third kappa shape index (κ3) is 9.80. The molecule has 1 aliphatic rings. The van der Waals surface area contributed by atoms with E-state index in [2.05, 4.69) is 0 Å². The van der Waals surface area contributed by atoms with Gasteiger partial charge in [0.15, 0.2) is 0 Å². The van der Waals surface area contributed by atoms with Crippen molar-refractivity contribution in [2.45, 2.75) is 62.3 Å². The summed E-state index contributed by atoms with van der Waals surface area (Å²) >= 11 is 16.7. The fraction of sp³-hybridized carbons (Fsp3) is 0.875. The van der Waals surface area contributed by atoms with Crippen LogP contribution >= 0.6 is 34.8 Å². The molecule has 0 radical (unpaired) electrons. The van der Waals surface area contributed by atoms with Crippen LogP contribution in [0.15, 0.2) is 0 Å². The summed E-state index contributed by atoms with van der Waals surface area (Å²) in [5.41, 5.74) is -0.434.